The Morgan fingerprint density at radius 2 is 2.30 bits per heavy atom. The third-order valence-electron chi connectivity index (χ3n) is 2.85. The normalized spacial score (nSPS) is 11.9. The molecule has 2 aromatic heterocycles. The summed E-state index contributed by atoms with van der Waals surface area (Å²) in [6.07, 6.45) is 4.84. The maximum Gasteiger partial charge on any atom is 0.241 e. The fraction of sp³-hybridized carbons (Fsp3) is 0.417. The van der Waals surface area contributed by atoms with Crippen LogP contribution in [0, 0.1) is 6.92 Å². The molecule has 8 heteroatoms. The number of nitrogens with one attached hydrogen (secondary N) is 2. The van der Waals surface area contributed by atoms with Crippen LogP contribution in [0.2, 0.25) is 0 Å². The fourth-order valence-corrected chi connectivity index (χ4v) is 4.45. The van der Waals surface area contributed by atoms with Gasteiger partial charge >= 0.3 is 0 Å². The summed E-state index contributed by atoms with van der Waals surface area (Å²) in [5, 5.41) is 0. The van der Waals surface area contributed by atoms with Crippen molar-refractivity contribution < 1.29 is 8.42 Å². The van der Waals surface area contributed by atoms with Crippen LogP contribution in [-0.2, 0) is 23.0 Å². The van der Waals surface area contributed by atoms with Crippen molar-refractivity contribution in [3.8, 4) is 0 Å². The van der Waals surface area contributed by atoms with Crippen molar-refractivity contribution >= 4 is 21.4 Å². The highest BCUT2D eigenvalue weighted by Crippen LogP contribution is 2.25. The molecule has 0 saturated carbocycles. The third-order valence-corrected chi connectivity index (χ3v) is 5.64. The number of rotatable bonds is 7. The molecule has 0 fully saturated rings. The predicted octanol–water partition coefficient (Wildman–Crippen LogP) is 1.15. The second-order valence-corrected chi connectivity index (χ2v) is 7.45. The molecule has 0 aromatic carbocycles. The van der Waals surface area contributed by atoms with Gasteiger partial charge in [0.1, 0.15) is 5.82 Å². The number of nitrogens with two attached hydrogens (primary N) is 1. The summed E-state index contributed by atoms with van der Waals surface area (Å²) in [6.45, 7) is 2.54. The van der Waals surface area contributed by atoms with E-state index in [0.717, 1.165) is 15.6 Å². The summed E-state index contributed by atoms with van der Waals surface area (Å²) in [7, 11) is -3.45. The zero-order valence-electron chi connectivity index (χ0n) is 11.2. The van der Waals surface area contributed by atoms with Crippen LogP contribution in [0.5, 0.6) is 0 Å². The Balaban J connectivity index is 1.91. The average molecular weight is 314 g/mol. The molecular weight excluding hydrogens is 296 g/mol. The quantitative estimate of drug-likeness (QED) is 0.667. The van der Waals surface area contributed by atoms with Crippen molar-refractivity contribution in [3.05, 3.63) is 34.0 Å². The van der Waals surface area contributed by atoms with E-state index in [1.54, 1.807) is 25.4 Å². The van der Waals surface area contributed by atoms with E-state index in [9.17, 15) is 8.42 Å². The molecule has 4 N–H and O–H groups in total. The zero-order chi connectivity index (χ0) is 14.6. The third kappa shape index (κ3) is 3.66. The Morgan fingerprint density at radius 3 is 2.90 bits per heavy atom. The minimum atomic E-state index is -3.45. The van der Waals surface area contributed by atoms with Gasteiger partial charge in [-0.3, -0.25) is 0 Å². The summed E-state index contributed by atoms with van der Waals surface area (Å²) in [5.74, 6) is 0.862. The molecular formula is C12H18N4O2S2. The minimum absolute atomic E-state index is 0.334. The molecule has 0 bridgehead atoms. The molecule has 0 atom stereocenters. The van der Waals surface area contributed by atoms with Crippen molar-refractivity contribution in [2.24, 2.45) is 5.73 Å². The van der Waals surface area contributed by atoms with Crippen molar-refractivity contribution in [3.63, 3.8) is 0 Å². The Bertz CT molecular complexity index is 647. The van der Waals surface area contributed by atoms with Gasteiger partial charge in [0.2, 0.25) is 10.0 Å². The molecule has 0 aliphatic heterocycles. The summed E-state index contributed by atoms with van der Waals surface area (Å²) < 4.78 is 27.0. The molecule has 0 aliphatic rings. The SMILES string of the molecule is Cc1sc(CN)cc1S(=O)(=O)NCCCc1ncc[nH]1. The number of hydrogen-bond donors (Lipinski definition) is 3. The van der Waals surface area contributed by atoms with Gasteiger partial charge in [0.15, 0.2) is 0 Å². The molecule has 0 spiro atoms. The van der Waals surface area contributed by atoms with Crippen molar-refractivity contribution in [2.75, 3.05) is 6.54 Å². The highest BCUT2D eigenvalue weighted by Gasteiger charge is 2.18. The number of sulfonamides is 1. The monoisotopic (exact) mass is 314 g/mol. The molecule has 0 unspecified atom stereocenters. The second kappa shape index (κ2) is 6.49. The summed E-state index contributed by atoms with van der Waals surface area (Å²) in [6, 6.07) is 1.65. The van der Waals surface area contributed by atoms with E-state index in [2.05, 4.69) is 14.7 Å². The van der Waals surface area contributed by atoms with Crippen molar-refractivity contribution in [2.45, 2.75) is 31.2 Å². The summed E-state index contributed by atoms with van der Waals surface area (Å²) >= 11 is 1.42. The van der Waals surface area contributed by atoms with Crippen LogP contribution >= 0.6 is 11.3 Å². The van der Waals surface area contributed by atoms with Gasteiger partial charge in [-0.05, 0) is 19.4 Å². The molecule has 2 heterocycles. The van der Waals surface area contributed by atoms with Gasteiger partial charge in [-0.15, -0.1) is 11.3 Å². The number of thiophene rings is 1. The lowest BCUT2D eigenvalue weighted by Crippen LogP contribution is -2.25. The van der Waals surface area contributed by atoms with Crippen molar-refractivity contribution in [1.29, 1.82) is 0 Å². The van der Waals surface area contributed by atoms with E-state index in [-0.39, 0.29) is 0 Å². The molecule has 2 aromatic rings. The Hall–Kier alpha value is -1.22. The molecule has 110 valence electrons. The van der Waals surface area contributed by atoms with E-state index < -0.39 is 10.0 Å². The highest BCUT2D eigenvalue weighted by atomic mass is 32.2. The molecule has 0 radical (unpaired) electrons. The van der Waals surface area contributed by atoms with E-state index in [0.29, 0.717) is 30.8 Å². The maximum absolute atomic E-state index is 12.2. The molecule has 0 saturated heterocycles. The fourth-order valence-electron chi connectivity index (χ4n) is 1.87. The Kier molecular flexibility index (Phi) is 4.92. The van der Waals surface area contributed by atoms with E-state index in [1.807, 2.05) is 0 Å². The van der Waals surface area contributed by atoms with Gasteiger partial charge in [0.25, 0.3) is 0 Å². The van der Waals surface area contributed by atoms with Gasteiger partial charge in [0.05, 0.1) is 4.90 Å². The molecule has 2 rings (SSSR count). The standard InChI is InChI=1S/C12H18N4O2S2/c1-9-11(7-10(8-13)19-9)20(17,18)16-4-2-3-12-14-5-6-15-12/h5-7,16H,2-4,8,13H2,1H3,(H,14,15). The largest absolute Gasteiger partial charge is 0.349 e. The molecule has 20 heavy (non-hydrogen) atoms. The lowest BCUT2D eigenvalue weighted by molar-refractivity contribution is 0.578. The molecule has 6 nitrogen and oxygen atoms in total. The highest BCUT2D eigenvalue weighted by molar-refractivity contribution is 7.89. The zero-order valence-corrected chi connectivity index (χ0v) is 12.9. The van der Waals surface area contributed by atoms with Gasteiger partial charge < -0.3 is 10.7 Å². The van der Waals surface area contributed by atoms with Crippen LogP contribution in [0.4, 0.5) is 0 Å². The summed E-state index contributed by atoms with van der Waals surface area (Å²) in [4.78, 5) is 9.05. The van der Waals surface area contributed by atoms with Crippen LogP contribution in [0.1, 0.15) is 22.0 Å². The number of aromatic nitrogens is 2. The van der Waals surface area contributed by atoms with E-state index in [4.69, 9.17) is 5.73 Å². The first-order valence-corrected chi connectivity index (χ1v) is 8.60. The number of nitrogens with zero attached hydrogens (tertiary/aromatic N) is 1. The van der Waals surface area contributed by atoms with Gasteiger partial charge in [-0.2, -0.15) is 0 Å². The van der Waals surface area contributed by atoms with Gasteiger partial charge in [-0.25, -0.2) is 18.1 Å². The van der Waals surface area contributed by atoms with Crippen molar-refractivity contribution in [1.82, 2.24) is 14.7 Å². The van der Waals surface area contributed by atoms with Crippen LogP contribution in [0.15, 0.2) is 23.4 Å². The number of H-pyrrole nitrogens is 1. The van der Waals surface area contributed by atoms with E-state index in [1.165, 1.54) is 11.3 Å². The predicted molar refractivity (Wildman–Crippen MR) is 79.0 cm³/mol. The first-order chi connectivity index (χ1) is 9.53. The van der Waals surface area contributed by atoms with Crippen LogP contribution in [0.3, 0.4) is 0 Å². The van der Waals surface area contributed by atoms with Gasteiger partial charge in [0, 0.05) is 41.7 Å². The summed E-state index contributed by atoms with van der Waals surface area (Å²) in [5.41, 5.74) is 5.54. The number of aryl methyl sites for hydroxylation is 2. The second-order valence-electron chi connectivity index (χ2n) is 4.37. The molecule has 0 aliphatic carbocycles. The van der Waals surface area contributed by atoms with Gasteiger partial charge in [-0.1, -0.05) is 0 Å². The topological polar surface area (TPSA) is 101 Å². The Labute approximate surface area is 122 Å². The first-order valence-electron chi connectivity index (χ1n) is 6.30. The first kappa shape index (κ1) is 15.2. The van der Waals surface area contributed by atoms with E-state index >= 15 is 0 Å². The van der Waals surface area contributed by atoms with Crippen LogP contribution in [-0.4, -0.2) is 24.9 Å². The van der Waals surface area contributed by atoms with Crippen LogP contribution < -0.4 is 10.5 Å². The Morgan fingerprint density at radius 1 is 1.50 bits per heavy atom. The minimum Gasteiger partial charge on any atom is -0.349 e. The smallest absolute Gasteiger partial charge is 0.241 e. The van der Waals surface area contributed by atoms with Crippen LogP contribution in [0.25, 0.3) is 0 Å². The number of aromatic amines is 1. The molecule has 0 amide bonds. The lowest BCUT2D eigenvalue weighted by atomic mass is 10.3. The lowest BCUT2D eigenvalue weighted by Gasteiger charge is -2.05. The number of hydrogen-bond acceptors (Lipinski definition) is 5. The average Bonchev–Trinajstić information content (AvgIpc) is 3.04. The number of imidazole rings is 1. The maximum atomic E-state index is 12.2.